The Morgan fingerprint density at radius 3 is 2.90 bits per heavy atom. The SMILES string of the molecule is CCC1CCCCCN1c1ccc(/C=C/C(=O)O)cc1Br. The zero-order chi connectivity index (χ0) is 15.2. The van der Waals surface area contributed by atoms with Crippen LogP contribution < -0.4 is 4.90 Å². The molecule has 0 spiro atoms. The van der Waals surface area contributed by atoms with Crippen molar-refractivity contribution >= 4 is 33.7 Å². The normalized spacial score (nSPS) is 19.7. The summed E-state index contributed by atoms with van der Waals surface area (Å²) in [5, 5.41) is 8.69. The first kappa shape index (κ1) is 16.1. The molecule has 2 rings (SSSR count). The summed E-state index contributed by atoms with van der Waals surface area (Å²) in [5.41, 5.74) is 2.12. The van der Waals surface area contributed by atoms with Gasteiger partial charge >= 0.3 is 5.97 Å². The molecule has 1 aromatic rings. The lowest BCUT2D eigenvalue weighted by molar-refractivity contribution is -0.131. The second-order valence-electron chi connectivity index (χ2n) is 5.49. The van der Waals surface area contributed by atoms with Crippen LogP contribution in [0.4, 0.5) is 5.69 Å². The van der Waals surface area contributed by atoms with E-state index in [0.717, 1.165) is 23.0 Å². The van der Waals surface area contributed by atoms with E-state index in [0.29, 0.717) is 6.04 Å². The monoisotopic (exact) mass is 351 g/mol. The van der Waals surface area contributed by atoms with Gasteiger partial charge in [0.2, 0.25) is 0 Å². The number of aliphatic carboxylic acids is 1. The van der Waals surface area contributed by atoms with Gasteiger partial charge in [-0.15, -0.1) is 0 Å². The third-order valence-electron chi connectivity index (χ3n) is 4.05. The molecule has 1 aromatic carbocycles. The van der Waals surface area contributed by atoms with E-state index in [4.69, 9.17) is 5.11 Å². The highest BCUT2D eigenvalue weighted by Gasteiger charge is 2.21. The van der Waals surface area contributed by atoms with Crippen LogP contribution in [0.15, 0.2) is 28.7 Å². The Kier molecular flexibility index (Phi) is 5.85. The fourth-order valence-electron chi connectivity index (χ4n) is 2.95. The molecule has 1 heterocycles. The first-order chi connectivity index (χ1) is 10.1. The van der Waals surface area contributed by atoms with Crippen LogP contribution in [-0.4, -0.2) is 23.7 Å². The van der Waals surface area contributed by atoms with E-state index in [1.54, 1.807) is 6.08 Å². The number of nitrogens with zero attached hydrogens (tertiary/aromatic N) is 1. The molecule has 4 heteroatoms. The first-order valence-corrected chi connectivity index (χ1v) is 8.38. The zero-order valence-corrected chi connectivity index (χ0v) is 14.0. The van der Waals surface area contributed by atoms with E-state index < -0.39 is 5.97 Å². The minimum atomic E-state index is -0.922. The molecule has 0 aromatic heterocycles. The van der Waals surface area contributed by atoms with E-state index in [1.807, 2.05) is 12.1 Å². The minimum Gasteiger partial charge on any atom is -0.478 e. The fraction of sp³-hybridized carbons (Fsp3) is 0.471. The Bertz CT molecular complexity index is 528. The highest BCUT2D eigenvalue weighted by molar-refractivity contribution is 9.10. The number of carbonyl (C=O) groups is 1. The third-order valence-corrected chi connectivity index (χ3v) is 4.68. The molecule has 1 unspecified atom stereocenters. The summed E-state index contributed by atoms with van der Waals surface area (Å²) in [5.74, 6) is -0.922. The maximum atomic E-state index is 10.6. The molecule has 3 nitrogen and oxygen atoms in total. The average molecular weight is 352 g/mol. The van der Waals surface area contributed by atoms with Crippen molar-refractivity contribution in [1.82, 2.24) is 0 Å². The topological polar surface area (TPSA) is 40.5 Å². The smallest absolute Gasteiger partial charge is 0.328 e. The standard InChI is InChI=1S/C17H22BrNO2/c1-2-14-6-4-3-5-11-19(14)16-9-7-13(12-15(16)18)8-10-17(20)21/h7-10,12,14H,2-6,11H2,1H3,(H,20,21)/b10-8+. The second kappa shape index (κ2) is 7.64. The highest BCUT2D eigenvalue weighted by atomic mass is 79.9. The summed E-state index contributed by atoms with van der Waals surface area (Å²) in [6.45, 7) is 3.35. The highest BCUT2D eigenvalue weighted by Crippen LogP contribution is 2.33. The minimum absolute atomic E-state index is 0.601. The molecule has 114 valence electrons. The van der Waals surface area contributed by atoms with Crippen LogP contribution in [0.1, 0.15) is 44.6 Å². The van der Waals surface area contributed by atoms with Crippen molar-refractivity contribution in [3.63, 3.8) is 0 Å². The molecule has 0 saturated carbocycles. The van der Waals surface area contributed by atoms with Gasteiger partial charge in [0.05, 0.1) is 5.69 Å². The van der Waals surface area contributed by atoms with Gasteiger partial charge in [0.25, 0.3) is 0 Å². The maximum Gasteiger partial charge on any atom is 0.328 e. The van der Waals surface area contributed by atoms with Crippen molar-refractivity contribution in [2.75, 3.05) is 11.4 Å². The van der Waals surface area contributed by atoms with Crippen molar-refractivity contribution in [1.29, 1.82) is 0 Å². The Morgan fingerprint density at radius 2 is 2.24 bits per heavy atom. The van der Waals surface area contributed by atoms with Crippen LogP contribution >= 0.6 is 15.9 Å². The van der Waals surface area contributed by atoms with Crippen LogP contribution in [0.2, 0.25) is 0 Å². The van der Waals surface area contributed by atoms with Crippen molar-refractivity contribution in [3.05, 3.63) is 34.3 Å². The predicted octanol–water partition coefficient (Wildman–Crippen LogP) is 4.71. The van der Waals surface area contributed by atoms with Gasteiger partial charge in [-0.3, -0.25) is 0 Å². The van der Waals surface area contributed by atoms with Gasteiger partial charge in [-0.2, -0.15) is 0 Å². The number of hydrogen-bond acceptors (Lipinski definition) is 2. The predicted molar refractivity (Wildman–Crippen MR) is 90.7 cm³/mol. The van der Waals surface area contributed by atoms with Gasteiger partial charge in [-0.1, -0.05) is 25.8 Å². The molecular weight excluding hydrogens is 330 g/mol. The molecule has 21 heavy (non-hydrogen) atoms. The Hall–Kier alpha value is -1.29. The van der Waals surface area contributed by atoms with Crippen LogP contribution in [0.5, 0.6) is 0 Å². The number of carboxylic acids is 1. The number of rotatable bonds is 4. The van der Waals surface area contributed by atoms with E-state index in [-0.39, 0.29) is 0 Å². The summed E-state index contributed by atoms with van der Waals surface area (Å²) in [7, 11) is 0. The third kappa shape index (κ3) is 4.34. The number of benzene rings is 1. The van der Waals surface area contributed by atoms with E-state index in [2.05, 4.69) is 33.8 Å². The van der Waals surface area contributed by atoms with E-state index >= 15 is 0 Å². The number of hydrogen-bond donors (Lipinski definition) is 1. The van der Waals surface area contributed by atoms with Crippen molar-refractivity contribution < 1.29 is 9.90 Å². The van der Waals surface area contributed by atoms with Gasteiger partial charge in [0.1, 0.15) is 0 Å². The lowest BCUT2D eigenvalue weighted by Gasteiger charge is -2.32. The average Bonchev–Trinajstić information content (AvgIpc) is 2.70. The Balaban J connectivity index is 2.24. The molecule has 0 amide bonds. The van der Waals surface area contributed by atoms with E-state index in [1.165, 1.54) is 37.4 Å². The molecule has 1 fully saturated rings. The summed E-state index contributed by atoms with van der Waals surface area (Å²) in [6, 6.07) is 6.67. The van der Waals surface area contributed by atoms with Crippen LogP contribution in [0, 0.1) is 0 Å². The molecular formula is C17H22BrNO2. The summed E-state index contributed by atoms with van der Waals surface area (Å²) < 4.78 is 1.04. The number of carboxylic acid groups (broad SMARTS) is 1. The fourth-order valence-corrected chi connectivity index (χ4v) is 3.57. The largest absolute Gasteiger partial charge is 0.478 e. The summed E-state index contributed by atoms with van der Waals surface area (Å²) >= 11 is 3.65. The van der Waals surface area contributed by atoms with Crippen LogP contribution in [0.25, 0.3) is 6.08 Å². The lowest BCUT2D eigenvalue weighted by atomic mass is 10.1. The Morgan fingerprint density at radius 1 is 1.43 bits per heavy atom. The quantitative estimate of drug-likeness (QED) is 0.798. The molecule has 1 aliphatic rings. The molecule has 0 bridgehead atoms. The maximum absolute atomic E-state index is 10.6. The molecule has 1 aliphatic heterocycles. The summed E-state index contributed by atoms with van der Waals surface area (Å²) in [4.78, 5) is 13.1. The summed E-state index contributed by atoms with van der Waals surface area (Å²) in [6.07, 6.45) is 9.06. The first-order valence-electron chi connectivity index (χ1n) is 7.59. The number of anilines is 1. The van der Waals surface area contributed by atoms with Crippen molar-refractivity contribution in [3.8, 4) is 0 Å². The molecule has 0 aliphatic carbocycles. The van der Waals surface area contributed by atoms with Crippen LogP contribution in [-0.2, 0) is 4.79 Å². The van der Waals surface area contributed by atoms with Crippen molar-refractivity contribution in [2.24, 2.45) is 0 Å². The Labute approximate surface area is 134 Å². The van der Waals surface area contributed by atoms with Gasteiger partial charge in [-0.25, -0.2) is 4.79 Å². The second-order valence-corrected chi connectivity index (χ2v) is 6.34. The van der Waals surface area contributed by atoms with Gasteiger partial charge in [-0.05, 0) is 59.0 Å². The lowest BCUT2D eigenvalue weighted by Crippen LogP contribution is -2.34. The van der Waals surface area contributed by atoms with Gasteiger partial charge < -0.3 is 10.0 Å². The zero-order valence-electron chi connectivity index (χ0n) is 12.4. The van der Waals surface area contributed by atoms with E-state index in [9.17, 15) is 4.79 Å². The van der Waals surface area contributed by atoms with Gasteiger partial charge in [0, 0.05) is 23.1 Å². The van der Waals surface area contributed by atoms with Crippen molar-refractivity contribution in [2.45, 2.75) is 45.1 Å². The number of halogens is 1. The van der Waals surface area contributed by atoms with Crippen LogP contribution in [0.3, 0.4) is 0 Å². The molecule has 1 saturated heterocycles. The molecule has 1 atom stereocenters. The molecule has 0 radical (unpaired) electrons. The molecule has 1 N–H and O–H groups in total. The van der Waals surface area contributed by atoms with Gasteiger partial charge in [0.15, 0.2) is 0 Å².